The SMILES string of the molecule is CCOc1ccc(NC2=CCC(=[N+]=[N-])C(C)=C2)cc1. The van der Waals surface area contributed by atoms with Crippen molar-refractivity contribution in [2.24, 2.45) is 0 Å². The third kappa shape index (κ3) is 3.33. The minimum Gasteiger partial charge on any atom is -0.494 e. The maximum atomic E-state index is 8.80. The molecule has 0 amide bonds. The predicted molar refractivity (Wildman–Crippen MR) is 76.3 cm³/mol. The summed E-state index contributed by atoms with van der Waals surface area (Å²) in [5.41, 5.74) is 12.5. The van der Waals surface area contributed by atoms with Crippen LogP contribution in [-0.2, 0) is 0 Å². The number of nitrogens with zero attached hydrogens (tertiary/aromatic N) is 2. The smallest absolute Gasteiger partial charge is 0.298 e. The lowest BCUT2D eigenvalue weighted by Crippen LogP contribution is -2.09. The van der Waals surface area contributed by atoms with E-state index in [1.165, 1.54) is 0 Å². The molecule has 4 heteroatoms. The Morgan fingerprint density at radius 3 is 2.63 bits per heavy atom. The second-order valence-corrected chi connectivity index (χ2v) is 4.32. The van der Waals surface area contributed by atoms with Crippen molar-refractivity contribution < 1.29 is 9.53 Å². The highest BCUT2D eigenvalue weighted by Crippen LogP contribution is 2.20. The Morgan fingerprint density at radius 2 is 2.05 bits per heavy atom. The van der Waals surface area contributed by atoms with E-state index in [9.17, 15) is 0 Å². The van der Waals surface area contributed by atoms with E-state index in [1.807, 2.05) is 50.3 Å². The topological polar surface area (TPSA) is 57.7 Å². The summed E-state index contributed by atoms with van der Waals surface area (Å²) < 4.78 is 5.40. The lowest BCUT2D eigenvalue weighted by Gasteiger charge is -2.12. The van der Waals surface area contributed by atoms with Crippen molar-refractivity contribution in [2.75, 3.05) is 11.9 Å². The Labute approximate surface area is 113 Å². The Hall–Kier alpha value is -2.32. The van der Waals surface area contributed by atoms with Gasteiger partial charge in [0.15, 0.2) is 0 Å². The predicted octanol–water partition coefficient (Wildman–Crippen LogP) is 3.40. The zero-order chi connectivity index (χ0) is 13.7. The van der Waals surface area contributed by atoms with Crippen molar-refractivity contribution in [1.29, 1.82) is 0 Å². The van der Waals surface area contributed by atoms with Gasteiger partial charge in [0.1, 0.15) is 5.75 Å². The molecule has 0 fully saturated rings. The highest BCUT2D eigenvalue weighted by Gasteiger charge is 2.15. The Balaban J connectivity index is 2.06. The van der Waals surface area contributed by atoms with Gasteiger partial charge in [-0.15, -0.1) is 0 Å². The van der Waals surface area contributed by atoms with Gasteiger partial charge in [-0.1, -0.05) is 0 Å². The normalized spacial score (nSPS) is 14.3. The van der Waals surface area contributed by atoms with E-state index in [2.05, 4.69) is 10.1 Å². The van der Waals surface area contributed by atoms with Gasteiger partial charge in [-0.05, 0) is 50.3 Å². The molecule has 0 aliphatic heterocycles. The first-order valence-electron chi connectivity index (χ1n) is 6.32. The molecule has 1 N–H and O–H groups in total. The van der Waals surface area contributed by atoms with Crippen LogP contribution in [0.5, 0.6) is 5.75 Å². The van der Waals surface area contributed by atoms with Crippen molar-refractivity contribution >= 4 is 11.4 Å². The molecule has 2 rings (SSSR count). The summed E-state index contributed by atoms with van der Waals surface area (Å²) in [7, 11) is 0. The molecule has 0 atom stereocenters. The number of hydrogen-bond donors (Lipinski definition) is 1. The molecule has 1 aromatic rings. The average Bonchev–Trinajstić information content (AvgIpc) is 2.42. The van der Waals surface area contributed by atoms with Gasteiger partial charge in [0, 0.05) is 17.0 Å². The number of ether oxygens (including phenoxy) is 1. The van der Waals surface area contributed by atoms with Crippen LogP contribution in [0.25, 0.3) is 5.53 Å². The van der Waals surface area contributed by atoms with Gasteiger partial charge in [-0.25, -0.2) is 0 Å². The first kappa shape index (κ1) is 13.1. The van der Waals surface area contributed by atoms with Crippen LogP contribution in [0.2, 0.25) is 0 Å². The summed E-state index contributed by atoms with van der Waals surface area (Å²) in [5, 5.41) is 3.32. The second-order valence-electron chi connectivity index (χ2n) is 4.32. The molecule has 0 radical (unpaired) electrons. The van der Waals surface area contributed by atoms with Gasteiger partial charge < -0.3 is 15.6 Å². The molecule has 0 bridgehead atoms. The van der Waals surface area contributed by atoms with Crippen molar-refractivity contribution in [2.45, 2.75) is 20.3 Å². The monoisotopic (exact) mass is 255 g/mol. The number of benzene rings is 1. The largest absolute Gasteiger partial charge is 0.494 e. The zero-order valence-electron chi connectivity index (χ0n) is 11.2. The molecule has 0 spiro atoms. The molecule has 1 aromatic carbocycles. The van der Waals surface area contributed by atoms with E-state index in [1.54, 1.807) is 0 Å². The quantitative estimate of drug-likeness (QED) is 0.662. The standard InChI is InChI=1S/C15H17N3O/c1-3-19-14-7-4-12(5-8-14)17-13-6-9-15(18-16)11(2)10-13/h4-8,10,17H,3,9H2,1-2H3. The lowest BCUT2D eigenvalue weighted by atomic mass is 10.0. The van der Waals surface area contributed by atoms with E-state index in [0.29, 0.717) is 18.7 Å². The van der Waals surface area contributed by atoms with E-state index < -0.39 is 0 Å². The van der Waals surface area contributed by atoms with Crippen molar-refractivity contribution in [3.8, 4) is 5.75 Å². The second kappa shape index (κ2) is 6.03. The Bertz CT molecular complexity index is 564. The fourth-order valence-corrected chi connectivity index (χ4v) is 1.92. The number of allylic oxidation sites excluding steroid dienone is 3. The lowest BCUT2D eigenvalue weighted by molar-refractivity contribution is -0.00646. The van der Waals surface area contributed by atoms with Crippen LogP contribution in [0.1, 0.15) is 20.3 Å². The maximum absolute atomic E-state index is 8.80. The van der Waals surface area contributed by atoms with Crippen molar-refractivity contribution in [3.63, 3.8) is 0 Å². The molecule has 0 heterocycles. The summed E-state index contributed by atoms with van der Waals surface area (Å²) in [6.45, 7) is 4.57. The van der Waals surface area contributed by atoms with Crippen LogP contribution >= 0.6 is 0 Å². The number of hydrogen-bond acceptors (Lipinski definition) is 2. The minimum absolute atomic E-state index is 0.637. The molecule has 1 aliphatic carbocycles. The van der Waals surface area contributed by atoms with Crippen LogP contribution in [0.15, 0.2) is 47.7 Å². The van der Waals surface area contributed by atoms with Crippen molar-refractivity contribution in [1.82, 2.24) is 0 Å². The number of anilines is 1. The molecule has 0 aromatic heterocycles. The molecule has 4 nitrogen and oxygen atoms in total. The summed E-state index contributed by atoms with van der Waals surface area (Å²) in [6.07, 6.45) is 4.60. The van der Waals surface area contributed by atoms with E-state index >= 15 is 0 Å². The molecular formula is C15H17N3O. The third-order valence-electron chi connectivity index (χ3n) is 2.92. The first-order chi connectivity index (χ1) is 9.22. The van der Waals surface area contributed by atoms with E-state index in [0.717, 1.165) is 22.7 Å². The fraction of sp³-hybridized carbons (Fsp3) is 0.267. The van der Waals surface area contributed by atoms with Crippen LogP contribution in [0, 0.1) is 0 Å². The van der Waals surface area contributed by atoms with Crippen LogP contribution in [-0.4, -0.2) is 17.1 Å². The van der Waals surface area contributed by atoms with E-state index in [-0.39, 0.29) is 0 Å². The van der Waals surface area contributed by atoms with Crippen LogP contribution < -0.4 is 10.1 Å². The Kier molecular flexibility index (Phi) is 4.16. The molecule has 1 aliphatic rings. The van der Waals surface area contributed by atoms with Gasteiger partial charge in [0.2, 0.25) is 0 Å². The first-order valence-corrected chi connectivity index (χ1v) is 6.32. The van der Waals surface area contributed by atoms with E-state index in [4.69, 9.17) is 10.3 Å². The molecule has 19 heavy (non-hydrogen) atoms. The van der Waals surface area contributed by atoms with Gasteiger partial charge >= 0.3 is 0 Å². The van der Waals surface area contributed by atoms with Crippen molar-refractivity contribution in [3.05, 3.63) is 53.2 Å². The number of rotatable bonds is 4. The molecule has 0 saturated heterocycles. The third-order valence-corrected chi connectivity index (χ3v) is 2.92. The molecule has 0 unspecified atom stereocenters. The minimum atomic E-state index is 0.637. The summed E-state index contributed by atoms with van der Waals surface area (Å²) >= 11 is 0. The van der Waals surface area contributed by atoms with Crippen LogP contribution in [0.3, 0.4) is 0 Å². The zero-order valence-corrected chi connectivity index (χ0v) is 11.2. The van der Waals surface area contributed by atoms with Gasteiger partial charge in [-0.2, -0.15) is 4.79 Å². The maximum Gasteiger partial charge on any atom is 0.298 e. The highest BCUT2D eigenvalue weighted by molar-refractivity contribution is 5.98. The van der Waals surface area contributed by atoms with Gasteiger partial charge in [-0.3, -0.25) is 0 Å². The molecule has 0 saturated carbocycles. The fourth-order valence-electron chi connectivity index (χ4n) is 1.92. The highest BCUT2D eigenvalue weighted by atomic mass is 16.5. The molecular weight excluding hydrogens is 238 g/mol. The summed E-state index contributed by atoms with van der Waals surface area (Å²) in [4.78, 5) is 3.26. The molecule has 98 valence electrons. The number of nitrogens with one attached hydrogen (secondary N) is 1. The average molecular weight is 255 g/mol. The summed E-state index contributed by atoms with van der Waals surface area (Å²) in [6, 6.07) is 7.83. The Morgan fingerprint density at radius 1 is 1.32 bits per heavy atom. The van der Waals surface area contributed by atoms with Gasteiger partial charge in [0.25, 0.3) is 5.71 Å². The van der Waals surface area contributed by atoms with Gasteiger partial charge in [0.05, 0.1) is 13.0 Å². The summed E-state index contributed by atoms with van der Waals surface area (Å²) in [5.74, 6) is 0.868. The van der Waals surface area contributed by atoms with Crippen LogP contribution in [0.4, 0.5) is 5.69 Å².